The summed E-state index contributed by atoms with van der Waals surface area (Å²) in [4.78, 5) is 4.63. The van der Waals surface area contributed by atoms with Crippen molar-refractivity contribution >= 4 is 22.1 Å². The summed E-state index contributed by atoms with van der Waals surface area (Å²) < 4.78 is 56.9. The van der Waals surface area contributed by atoms with Gasteiger partial charge in [0.1, 0.15) is 0 Å². The van der Waals surface area contributed by atoms with Crippen LogP contribution in [-0.4, -0.2) is 4.98 Å². The van der Waals surface area contributed by atoms with Gasteiger partial charge in [0.05, 0.1) is 5.56 Å². The molecule has 0 saturated heterocycles. The molecule has 4 aromatic rings. The number of aromatic nitrogens is 2. The monoisotopic (exact) mass is 363 g/mol. The van der Waals surface area contributed by atoms with E-state index in [-0.39, 0.29) is 5.56 Å². The molecule has 0 radical (unpaired) electrons. The molecule has 3 heteroatoms. The van der Waals surface area contributed by atoms with E-state index >= 15 is 0 Å². The molecule has 1 atom stereocenters. The number of furan rings is 1. The Morgan fingerprint density at radius 1 is 1.33 bits per heavy atom. The van der Waals surface area contributed by atoms with Crippen molar-refractivity contribution in [3.05, 3.63) is 58.9 Å². The van der Waals surface area contributed by atoms with Gasteiger partial charge in [0.25, 0.3) is 0 Å². The smallest absolute Gasteiger partial charge is 0.227 e. The van der Waals surface area contributed by atoms with Crippen molar-refractivity contribution in [1.29, 1.82) is 0 Å². The third kappa shape index (κ3) is 2.48. The van der Waals surface area contributed by atoms with Gasteiger partial charge in [-0.25, -0.2) is 4.98 Å². The van der Waals surface area contributed by atoms with Gasteiger partial charge in [-0.2, -0.15) is 4.57 Å². The third-order valence-electron chi connectivity index (χ3n) is 5.30. The highest BCUT2D eigenvalue weighted by molar-refractivity contribution is 6.09. The van der Waals surface area contributed by atoms with Crippen LogP contribution in [0, 0.1) is 12.8 Å². The summed E-state index contributed by atoms with van der Waals surface area (Å²) in [6.45, 7) is 2.68. The van der Waals surface area contributed by atoms with E-state index in [2.05, 4.69) is 11.9 Å². The van der Waals surface area contributed by atoms with Crippen LogP contribution in [0.5, 0.6) is 0 Å². The average Bonchev–Trinajstić information content (AvgIpc) is 3.28. The van der Waals surface area contributed by atoms with E-state index in [4.69, 9.17) is 12.6 Å². The number of rotatable bonds is 3. The normalized spacial score (nSPS) is 19.4. The predicted octanol–water partition coefficient (Wildman–Crippen LogP) is 5.37. The van der Waals surface area contributed by atoms with Gasteiger partial charge >= 0.3 is 0 Å². The van der Waals surface area contributed by atoms with E-state index in [1.165, 1.54) is 0 Å². The molecule has 0 N–H and O–H groups in total. The van der Waals surface area contributed by atoms with Crippen molar-refractivity contribution in [2.24, 2.45) is 5.89 Å². The van der Waals surface area contributed by atoms with Crippen molar-refractivity contribution in [2.75, 3.05) is 0 Å². The minimum Gasteiger partial charge on any atom is -0.437 e. The van der Waals surface area contributed by atoms with Crippen LogP contribution in [0.2, 0.25) is 0 Å². The third-order valence-corrected chi connectivity index (χ3v) is 5.30. The zero-order chi connectivity index (χ0) is 23.9. The second kappa shape index (κ2) is 5.91. The van der Waals surface area contributed by atoms with Crippen LogP contribution in [0.1, 0.15) is 51.3 Å². The number of benzene rings is 1. The summed E-state index contributed by atoms with van der Waals surface area (Å²) in [6.07, 6.45) is 0.0956. The molecule has 0 fully saturated rings. The fourth-order valence-corrected chi connectivity index (χ4v) is 3.97. The summed E-state index contributed by atoms with van der Waals surface area (Å²) in [5.41, 5.74) is 5.98. The van der Waals surface area contributed by atoms with Gasteiger partial charge in [0.15, 0.2) is 18.3 Å². The van der Waals surface area contributed by atoms with Crippen molar-refractivity contribution in [2.45, 2.75) is 47.0 Å². The molecule has 3 nitrogen and oxygen atoms in total. The predicted molar refractivity (Wildman–Crippen MR) is 109 cm³/mol. The fourth-order valence-electron chi connectivity index (χ4n) is 3.97. The van der Waals surface area contributed by atoms with Crippen LogP contribution >= 0.6 is 0 Å². The molecule has 27 heavy (non-hydrogen) atoms. The lowest BCUT2D eigenvalue weighted by Gasteiger charge is -2.07. The second-order valence-electron chi connectivity index (χ2n) is 7.22. The van der Waals surface area contributed by atoms with Crippen LogP contribution in [-0.2, 0) is 19.3 Å². The Labute approximate surface area is 168 Å². The van der Waals surface area contributed by atoms with Crippen LogP contribution in [0.4, 0.5) is 0 Å². The van der Waals surface area contributed by atoms with Gasteiger partial charge in [-0.15, -0.1) is 0 Å². The van der Waals surface area contributed by atoms with Crippen molar-refractivity contribution in [1.82, 2.24) is 4.98 Å². The Bertz CT molecular complexity index is 1430. The maximum Gasteiger partial charge on any atom is 0.227 e. The molecule has 0 aliphatic carbocycles. The zero-order valence-corrected chi connectivity index (χ0v) is 15.7. The first-order valence-corrected chi connectivity index (χ1v) is 9.26. The van der Waals surface area contributed by atoms with E-state index in [9.17, 15) is 0 Å². The van der Waals surface area contributed by atoms with Crippen LogP contribution in [0.3, 0.4) is 0 Å². The first-order valence-electron chi connectivity index (χ1n) is 12.3. The van der Waals surface area contributed by atoms with E-state index < -0.39 is 19.1 Å². The Balaban J connectivity index is 1.70. The topological polar surface area (TPSA) is 29.9 Å². The Hall–Kier alpha value is -2.68. The highest BCUT2D eigenvalue weighted by atomic mass is 16.3. The average molecular weight is 364 g/mol. The van der Waals surface area contributed by atoms with Crippen molar-refractivity contribution in [3.8, 4) is 11.3 Å². The minimum atomic E-state index is -2.78. The molecule has 1 aliphatic rings. The number of pyridine rings is 2. The summed E-state index contributed by atoms with van der Waals surface area (Å²) in [6, 6.07) is 9.99. The number of fused-ring (bicyclic) bond motifs is 7. The van der Waals surface area contributed by atoms with Gasteiger partial charge < -0.3 is 4.42 Å². The molecule has 1 aromatic carbocycles. The molecule has 136 valence electrons. The maximum atomic E-state index is 8.61. The molecule has 5 rings (SSSR count). The van der Waals surface area contributed by atoms with Crippen molar-refractivity contribution in [3.63, 3.8) is 0 Å². The van der Waals surface area contributed by atoms with E-state index in [1.807, 2.05) is 34.9 Å². The molecule has 4 heterocycles. The van der Waals surface area contributed by atoms with Crippen molar-refractivity contribution < 1.29 is 17.2 Å². The molecule has 1 unspecified atom stereocenters. The Morgan fingerprint density at radius 3 is 3.00 bits per heavy atom. The Morgan fingerprint density at radius 2 is 2.19 bits per heavy atom. The summed E-state index contributed by atoms with van der Waals surface area (Å²) in [7, 11) is 0. The quantitative estimate of drug-likeness (QED) is 0.404. The standard InChI is InChI=1S/C24H25N2O/c1-5-18-7-9-20-19-8-6-16-12-26-13-17(10-14(2)3)15(4)11-21(26)22(16)23(19)27-24(20)25-18/h6-9,11,13-14H,5,10,12H2,1-4H3/q+1/i2D3,10D2,14D. The zero-order valence-electron chi connectivity index (χ0n) is 21.7. The lowest BCUT2D eigenvalue weighted by Crippen LogP contribution is -2.33. The highest BCUT2D eigenvalue weighted by Crippen LogP contribution is 2.39. The summed E-state index contributed by atoms with van der Waals surface area (Å²) in [5, 5.41) is 1.93. The molecular formula is C24H25N2O+. The first-order chi connectivity index (χ1) is 15.4. The molecule has 0 saturated carbocycles. The first kappa shape index (κ1) is 11.2. The summed E-state index contributed by atoms with van der Waals surface area (Å²) in [5.74, 6) is -2.31. The number of hydrogen-bond acceptors (Lipinski definition) is 2. The van der Waals surface area contributed by atoms with Gasteiger partial charge in [-0.1, -0.05) is 26.8 Å². The lowest BCUT2D eigenvalue weighted by molar-refractivity contribution is -0.672. The second-order valence-corrected chi connectivity index (χ2v) is 7.22. The van der Waals surface area contributed by atoms with E-state index in [0.29, 0.717) is 17.8 Å². The summed E-state index contributed by atoms with van der Waals surface area (Å²) >= 11 is 0. The van der Waals surface area contributed by atoms with Gasteiger partial charge in [-0.05, 0) is 49.4 Å². The highest BCUT2D eigenvalue weighted by Gasteiger charge is 2.31. The molecule has 0 bridgehead atoms. The largest absolute Gasteiger partial charge is 0.437 e. The van der Waals surface area contributed by atoms with Gasteiger partial charge in [-0.3, -0.25) is 0 Å². The molecule has 1 aliphatic heterocycles. The minimum absolute atomic E-state index is 0.211. The lowest BCUT2D eigenvalue weighted by atomic mass is 9.98. The van der Waals surface area contributed by atoms with E-state index in [1.54, 1.807) is 13.1 Å². The number of hydrogen-bond donors (Lipinski definition) is 0. The SMILES string of the molecule is [2H]C([2H])([2H])C([2H])(C)C([2H])([2H])c1c[n+]2c(cc1C)-c1c(ccc3c1oc1nc(CC)ccc13)C2. The molecule has 0 amide bonds. The van der Waals surface area contributed by atoms with Crippen LogP contribution in [0.25, 0.3) is 33.3 Å². The van der Waals surface area contributed by atoms with Gasteiger partial charge in [0.2, 0.25) is 11.4 Å². The number of aryl methyl sites for hydroxylation is 2. The van der Waals surface area contributed by atoms with Crippen LogP contribution in [0.15, 0.2) is 40.9 Å². The Kier molecular flexibility index (Phi) is 2.46. The molecule has 0 spiro atoms. The van der Waals surface area contributed by atoms with E-state index in [0.717, 1.165) is 52.2 Å². The molecule has 3 aromatic heterocycles. The van der Waals surface area contributed by atoms with Crippen LogP contribution < -0.4 is 4.57 Å². The molecular weight excluding hydrogens is 332 g/mol. The van der Waals surface area contributed by atoms with Gasteiger partial charge in [0, 0.05) is 41.9 Å². The maximum absolute atomic E-state index is 8.61. The number of nitrogens with zero attached hydrogens (tertiary/aromatic N) is 2. The fraction of sp³-hybridized carbons (Fsp3) is 0.333.